The average Bonchev–Trinajstić information content (AvgIpc) is 2.26. The summed E-state index contributed by atoms with van der Waals surface area (Å²) in [5.41, 5.74) is 0.00868. The fourth-order valence-electron chi connectivity index (χ4n) is 2.46. The van der Waals surface area contributed by atoms with Gasteiger partial charge in [-0.15, -0.1) is 0 Å². The summed E-state index contributed by atoms with van der Waals surface area (Å²) in [6.07, 6.45) is 1.95. The minimum absolute atomic E-state index is 0.00868. The molecule has 3 unspecified atom stereocenters. The van der Waals surface area contributed by atoms with E-state index in [9.17, 15) is 9.90 Å². The van der Waals surface area contributed by atoms with Gasteiger partial charge in [-0.2, -0.15) is 0 Å². The van der Waals surface area contributed by atoms with Crippen LogP contribution in [0.3, 0.4) is 0 Å². The fraction of sp³-hybridized carbons (Fsp3) is 0.889. The minimum Gasteiger partial charge on any atom is -0.465 e. The molecule has 3 atom stereocenters. The Balaban J connectivity index is 2.22. The van der Waals surface area contributed by atoms with Gasteiger partial charge in [0.1, 0.15) is 0 Å². The molecule has 1 saturated carbocycles. The van der Waals surface area contributed by atoms with Crippen molar-refractivity contribution in [1.82, 2.24) is 0 Å². The molecule has 1 aliphatic carbocycles. The van der Waals surface area contributed by atoms with Crippen molar-refractivity contribution in [3.8, 4) is 0 Å². The Bertz CT molecular complexity index is 214. The summed E-state index contributed by atoms with van der Waals surface area (Å²) >= 11 is 0. The van der Waals surface area contributed by atoms with E-state index in [0.717, 1.165) is 12.8 Å². The maximum absolute atomic E-state index is 11.3. The lowest BCUT2D eigenvalue weighted by atomic mass is 9.76. The number of carbonyl (C=O) groups excluding carboxylic acids is 1. The van der Waals surface area contributed by atoms with Crippen molar-refractivity contribution in [2.75, 3.05) is 6.61 Å². The van der Waals surface area contributed by atoms with Crippen LogP contribution in [0.2, 0.25) is 0 Å². The first-order chi connectivity index (χ1) is 5.62. The molecule has 0 aromatic rings. The summed E-state index contributed by atoms with van der Waals surface area (Å²) in [6.45, 7) is 2.60. The molecule has 0 radical (unpaired) electrons. The van der Waals surface area contributed by atoms with Crippen molar-refractivity contribution in [2.45, 2.75) is 32.3 Å². The second kappa shape index (κ2) is 2.46. The number of ether oxygens (including phenoxy) is 1. The Morgan fingerprint density at radius 3 is 3.08 bits per heavy atom. The summed E-state index contributed by atoms with van der Waals surface area (Å²) in [4.78, 5) is 11.3. The van der Waals surface area contributed by atoms with E-state index in [-0.39, 0.29) is 23.4 Å². The molecule has 12 heavy (non-hydrogen) atoms. The molecular formula is C9H14O3. The first-order valence-corrected chi connectivity index (χ1v) is 4.46. The molecule has 0 aromatic carbocycles. The van der Waals surface area contributed by atoms with Crippen LogP contribution in [0.5, 0.6) is 0 Å². The molecule has 1 aliphatic heterocycles. The number of hydrogen-bond donors (Lipinski definition) is 1. The van der Waals surface area contributed by atoms with E-state index in [2.05, 4.69) is 6.92 Å². The molecule has 0 spiro atoms. The largest absolute Gasteiger partial charge is 0.465 e. The number of fused-ring (bicyclic) bond motifs is 1. The first kappa shape index (κ1) is 8.05. The van der Waals surface area contributed by atoms with Crippen molar-refractivity contribution in [3.05, 3.63) is 0 Å². The first-order valence-electron chi connectivity index (χ1n) is 4.46. The van der Waals surface area contributed by atoms with E-state index in [1.54, 1.807) is 0 Å². The van der Waals surface area contributed by atoms with Crippen LogP contribution < -0.4 is 0 Å². The Labute approximate surface area is 71.7 Å². The lowest BCUT2D eigenvalue weighted by molar-refractivity contribution is -0.159. The number of cyclic esters (lactones) is 1. The molecule has 2 rings (SSSR count). The Hall–Kier alpha value is -0.570. The highest BCUT2D eigenvalue weighted by atomic mass is 16.5. The predicted molar refractivity (Wildman–Crippen MR) is 42.4 cm³/mol. The van der Waals surface area contributed by atoms with E-state index in [0.29, 0.717) is 13.0 Å². The van der Waals surface area contributed by atoms with Gasteiger partial charge in [-0.25, -0.2) is 0 Å². The van der Waals surface area contributed by atoms with Gasteiger partial charge >= 0.3 is 5.97 Å². The highest BCUT2D eigenvalue weighted by molar-refractivity contribution is 5.74. The van der Waals surface area contributed by atoms with Crippen LogP contribution in [0.25, 0.3) is 0 Å². The molecule has 3 heteroatoms. The van der Waals surface area contributed by atoms with Crippen LogP contribution in [0, 0.1) is 11.3 Å². The number of aliphatic hydroxyl groups is 1. The number of rotatable bonds is 0. The monoisotopic (exact) mass is 170 g/mol. The van der Waals surface area contributed by atoms with Crippen molar-refractivity contribution in [3.63, 3.8) is 0 Å². The zero-order valence-electron chi connectivity index (χ0n) is 7.25. The molecule has 0 bridgehead atoms. The molecule has 1 heterocycles. The van der Waals surface area contributed by atoms with Crippen molar-refractivity contribution < 1.29 is 14.6 Å². The molecule has 1 saturated heterocycles. The molecular weight excluding hydrogens is 156 g/mol. The van der Waals surface area contributed by atoms with Gasteiger partial charge < -0.3 is 9.84 Å². The molecule has 68 valence electrons. The molecule has 3 nitrogen and oxygen atoms in total. The third kappa shape index (κ3) is 1.04. The maximum Gasteiger partial charge on any atom is 0.309 e. The lowest BCUT2D eigenvalue weighted by Gasteiger charge is -2.33. The third-order valence-corrected chi connectivity index (χ3v) is 3.25. The van der Waals surface area contributed by atoms with Crippen LogP contribution in [-0.4, -0.2) is 23.8 Å². The van der Waals surface area contributed by atoms with Crippen LogP contribution in [0.15, 0.2) is 0 Å². The van der Waals surface area contributed by atoms with Gasteiger partial charge in [0, 0.05) is 0 Å². The number of aliphatic hydroxyl groups excluding tert-OH is 1. The Kier molecular flexibility index (Phi) is 1.65. The summed E-state index contributed by atoms with van der Waals surface area (Å²) in [5.74, 6) is -0.165. The summed E-state index contributed by atoms with van der Waals surface area (Å²) < 4.78 is 4.96. The van der Waals surface area contributed by atoms with Crippen LogP contribution in [0.1, 0.15) is 26.2 Å². The van der Waals surface area contributed by atoms with Crippen molar-refractivity contribution in [2.24, 2.45) is 11.3 Å². The van der Waals surface area contributed by atoms with Gasteiger partial charge in [-0.05, 0) is 24.7 Å². The van der Waals surface area contributed by atoms with Crippen molar-refractivity contribution >= 4 is 5.97 Å². The van der Waals surface area contributed by atoms with Gasteiger partial charge in [0.25, 0.3) is 0 Å². The number of carbonyl (C=O) groups is 1. The Morgan fingerprint density at radius 2 is 2.42 bits per heavy atom. The third-order valence-electron chi connectivity index (χ3n) is 3.25. The average molecular weight is 170 g/mol. The molecule has 0 aromatic heterocycles. The SMILES string of the molecule is CC12CCOC(=O)C1CC(O)C2. The fourth-order valence-corrected chi connectivity index (χ4v) is 2.46. The molecule has 1 N–H and O–H groups in total. The zero-order chi connectivity index (χ0) is 8.77. The molecule has 0 amide bonds. The number of esters is 1. The van der Waals surface area contributed by atoms with Crippen LogP contribution >= 0.6 is 0 Å². The van der Waals surface area contributed by atoms with E-state index >= 15 is 0 Å². The van der Waals surface area contributed by atoms with E-state index in [1.807, 2.05) is 0 Å². The van der Waals surface area contributed by atoms with Gasteiger partial charge in [-0.3, -0.25) is 4.79 Å². The lowest BCUT2D eigenvalue weighted by Crippen LogP contribution is -2.36. The highest BCUT2D eigenvalue weighted by Gasteiger charge is 2.49. The van der Waals surface area contributed by atoms with Gasteiger partial charge in [-0.1, -0.05) is 6.92 Å². The summed E-state index contributed by atoms with van der Waals surface area (Å²) in [5, 5.41) is 9.44. The predicted octanol–water partition coefficient (Wildman–Crippen LogP) is 0.711. The Morgan fingerprint density at radius 1 is 1.67 bits per heavy atom. The van der Waals surface area contributed by atoms with Gasteiger partial charge in [0.15, 0.2) is 0 Å². The van der Waals surface area contributed by atoms with E-state index in [1.165, 1.54) is 0 Å². The van der Waals surface area contributed by atoms with Crippen LogP contribution in [0.4, 0.5) is 0 Å². The topological polar surface area (TPSA) is 46.5 Å². The van der Waals surface area contributed by atoms with Gasteiger partial charge in [0.05, 0.1) is 18.6 Å². The quantitative estimate of drug-likeness (QED) is 0.545. The minimum atomic E-state index is -0.300. The number of hydrogen-bond acceptors (Lipinski definition) is 3. The maximum atomic E-state index is 11.3. The second-order valence-electron chi connectivity index (χ2n) is 4.22. The molecule has 2 aliphatic rings. The zero-order valence-corrected chi connectivity index (χ0v) is 7.25. The smallest absolute Gasteiger partial charge is 0.309 e. The highest BCUT2D eigenvalue weighted by Crippen LogP contribution is 2.48. The van der Waals surface area contributed by atoms with Crippen LogP contribution in [-0.2, 0) is 9.53 Å². The summed E-state index contributed by atoms with van der Waals surface area (Å²) in [7, 11) is 0. The molecule has 2 fully saturated rings. The van der Waals surface area contributed by atoms with Gasteiger partial charge in [0.2, 0.25) is 0 Å². The van der Waals surface area contributed by atoms with E-state index < -0.39 is 0 Å². The van der Waals surface area contributed by atoms with Crippen molar-refractivity contribution in [1.29, 1.82) is 0 Å². The standard InChI is InChI=1S/C9H14O3/c1-9-2-3-12-8(11)7(9)4-6(10)5-9/h6-7,10H,2-5H2,1H3. The second-order valence-corrected chi connectivity index (χ2v) is 4.22. The van der Waals surface area contributed by atoms with E-state index in [4.69, 9.17) is 4.74 Å². The normalized spacial score (nSPS) is 47.0. The summed E-state index contributed by atoms with van der Waals surface area (Å²) in [6, 6.07) is 0.